The highest BCUT2D eigenvalue weighted by atomic mass is 32.2. The van der Waals surface area contributed by atoms with Gasteiger partial charge in [0.1, 0.15) is 28.4 Å². The van der Waals surface area contributed by atoms with Crippen molar-refractivity contribution in [1.82, 2.24) is 24.9 Å². The second kappa shape index (κ2) is 8.87. The van der Waals surface area contributed by atoms with Gasteiger partial charge in [0, 0.05) is 18.2 Å². The van der Waals surface area contributed by atoms with Gasteiger partial charge in [0.2, 0.25) is 10.0 Å². The minimum Gasteiger partial charge on any atom is -0.492 e. The van der Waals surface area contributed by atoms with Crippen LogP contribution in [0, 0.1) is 5.92 Å². The van der Waals surface area contributed by atoms with Gasteiger partial charge in [0.05, 0.1) is 13.2 Å². The molecule has 154 valence electrons. The van der Waals surface area contributed by atoms with Gasteiger partial charge in [-0.3, -0.25) is 0 Å². The van der Waals surface area contributed by atoms with Crippen LogP contribution in [0.4, 0.5) is 0 Å². The predicted molar refractivity (Wildman–Crippen MR) is 103 cm³/mol. The molecule has 1 heterocycles. The van der Waals surface area contributed by atoms with E-state index in [1.165, 1.54) is 17.1 Å². The summed E-state index contributed by atoms with van der Waals surface area (Å²) in [7, 11) is -3.79. The van der Waals surface area contributed by atoms with Crippen LogP contribution >= 0.6 is 0 Å². The van der Waals surface area contributed by atoms with Crippen molar-refractivity contribution in [2.75, 3.05) is 13.2 Å². The van der Waals surface area contributed by atoms with Crippen molar-refractivity contribution in [3.05, 3.63) is 18.5 Å². The molecule has 1 fully saturated rings. The van der Waals surface area contributed by atoms with Crippen LogP contribution in [-0.4, -0.2) is 47.9 Å². The van der Waals surface area contributed by atoms with Gasteiger partial charge in [-0.15, -0.1) is 5.10 Å². The van der Waals surface area contributed by atoms with E-state index in [1.807, 2.05) is 6.92 Å². The third-order valence-corrected chi connectivity index (χ3v) is 6.44. The second-order valence-electron chi connectivity index (χ2n) is 6.88. The topological polar surface area (TPSA) is 108 Å². The first-order chi connectivity index (χ1) is 13.5. The van der Waals surface area contributed by atoms with Gasteiger partial charge in [-0.05, 0) is 43.0 Å². The molecule has 0 spiro atoms. The molecule has 0 unspecified atom stereocenters. The highest BCUT2D eigenvalue weighted by Gasteiger charge is 2.30. The first-order valence-corrected chi connectivity index (χ1v) is 11.1. The van der Waals surface area contributed by atoms with Gasteiger partial charge in [0.25, 0.3) is 0 Å². The van der Waals surface area contributed by atoms with Crippen molar-refractivity contribution in [1.29, 1.82) is 0 Å². The Morgan fingerprint density at radius 1 is 1.14 bits per heavy atom. The molecule has 2 atom stereocenters. The second-order valence-corrected chi connectivity index (χ2v) is 8.56. The molecule has 1 aliphatic rings. The Morgan fingerprint density at radius 2 is 1.86 bits per heavy atom. The maximum atomic E-state index is 13.2. The summed E-state index contributed by atoms with van der Waals surface area (Å²) in [5, 5.41) is 11.2. The Morgan fingerprint density at radius 3 is 2.50 bits per heavy atom. The summed E-state index contributed by atoms with van der Waals surface area (Å²) in [5.41, 5.74) is 0.514. The fourth-order valence-electron chi connectivity index (χ4n) is 3.48. The van der Waals surface area contributed by atoms with Crippen LogP contribution in [0.25, 0.3) is 5.69 Å². The smallest absolute Gasteiger partial charge is 0.244 e. The summed E-state index contributed by atoms with van der Waals surface area (Å²) in [4.78, 5) is 0.0624. The van der Waals surface area contributed by atoms with Crippen molar-refractivity contribution >= 4 is 10.0 Å². The largest absolute Gasteiger partial charge is 0.492 e. The van der Waals surface area contributed by atoms with Crippen LogP contribution in [-0.2, 0) is 10.0 Å². The molecule has 0 saturated heterocycles. The molecule has 3 rings (SSSR count). The number of hydrogen-bond acceptors (Lipinski definition) is 7. The Hall–Kier alpha value is -2.20. The number of nitrogens with one attached hydrogen (secondary N) is 1. The quantitative estimate of drug-likeness (QED) is 0.713. The Bertz CT molecular complexity index is 886. The molecule has 2 aromatic rings. The van der Waals surface area contributed by atoms with E-state index in [1.54, 1.807) is 13.0 Å². The normalized spacial score (nSPS) is 20.1. The molecular weight excluding hydrogens is 382 g/mol. The minimum atomic E-state index is -3.79. The summed E-state index contributed by atoms with van der Waals surface area (Å²) in [5.74, 6) is 0.911. The van der Waals surface area contributed by atoms with Crippen molar-refractivity contribution in [3.8, 4) is 17.2 Å². The molecule has 0 amide bonds. The highest BCUT2D eigenvalue weighted by molar-refractivity contribution is 7.89. The van der Waals surface area contributed by atoms with Crippen molar-refractivity contribution < 1.29 is 17.9 Å². The van der Waals surface area contributed by atoms with Gasteiger partial charge < -0.3 is 9.47 Å². The van der Waals surface area contributed by atoms with E-state index in [0.717, 1.165) is 25.7 Å². The van der Waals surface area contributed by atoms with Crippen molar-refractivity contribution in [3.63, 3.8) is 0 Å². The lowest BCUT2D eigenvalue weighted by molar-refractivity contribution is 0.307. The zero-order valence-corrected chi connectivity index (χ0v) is 17.3. The Balaban J connectivity index is 2.03. The number of tetrazole rings is 1. The molecule has 28 heavy (non-hydrogen) atoms. The molecule has 10 heteroatoms. The monoisotopic (exact) mass is 409 g/mol. The summed E-state index contributed by atoms with van der Waals surface area (Å²) in [6.07, 6.45) is 5.44. The average molecular weight is 410 g/mol. The first kappa shape index (κ1) is 20.5. The fraction of sp³-hybridized carbons (Fsp3) is 0.611. The molecular formula is C18H27N5O4S. The predicted octanol–water partition coefficient (Wildman–Crippen LogP) is 2.32. The van der Waals surface area contributed by atoms with Gasteiger partial charge in [-0.2, -0.15) is 4.68 Å². The summed E-state index contributed by atoms with van der Waals surface area (Å²) in [6, 6.07) is 3.01. The molecule has 0 radical (unpaired) electrons. The number of benzene rings is 1. The molecule has 1 aromatic carbocycles. The van der Waals surface area contributed by atoms with Crippen LogP contribution in [0.1, 0.15) is 46.5 Å². The summed E-state index contributed by atoms with van der Waals surface area (Å²) < 4.78 is 42.0. The van der Waals surface area contributed by atoms with Gasteiger partial charge in [0.15, 0.2) is 0 Å². The van der Waals surface area contributed by atoms with Crippen molar-refractivity contribution in [2.24, 2.45) is 5.92 Å². The molecule has 1 saturated carbocycles. The number of aromatic nitrogens is 4. The van der Waals surface area contributed by atoms with Crippen LogP contribution < -0.4 is 14.2 Å². The van der Waals surface area contributed by atoms with Gasteiger partial charge in [-0.1, -0.05) is 19.8 Å². The number of hydrogen-bond donors (Lipinski definition) is 1. The highest BCUT2D eigenvalue weighted by Crippen LogP contribution is 2.35. The molecule has 1 aromatic heterocycles. The average Bonchev–Trinajstić information content (AvgIpc) is 3.19. The Labute approximate surface area is 165 Å². The zero-order chi connectivity index (χ0) is 20.1. The van der Waals surface area contributed by atoms with E-state index in [9.17, 15) is 8.42 Å². The van der Waals surface area contributed by atoms with Crippen LogP contribution in [0.2, 0.25) is 0 Å². The molecule has 1 aliphatic carbocycles. The van der Waals surface area contributed by atoms with Crippen LogP contribution in [0.3, 0.4) is 0 Å². The van der Waals surface area contributed by atoms with Crippen LogP contribution in [0.15, 0.2) is 23.4 Å². The summed E-state index contributed by atoms with van der Waals surface area (Å²) in [6.45, 7) is 6.42. The molecule has 0 bridgehead atoms. The van der Waals surface area contributed by atoms with E-state index in [-0.39, 0.29) is 16.7 Å². The van der Waals surface area contributed by atoms with E-state index in [4.69, 9.17) is 9.47 Å². The van der Waals surface area contributed by atoms with Crippen LogP contribution in [0.5, 0.6) is 11.5 Å². The third kappa shape index (κ3) is 4.44. The zero-order valence-electron chi connectivity index (χ0n) is 16.5. The Kier molecular flexibility index (Phi) is 6.50. The van der Waals surface area contributed by atoms with Crippen molar-refractivity contribution in [2.45, 2.75) is 57.4 Å². The molecule has 9 nitrogen and oxygen atoms in total. The maximum absolute atomic E-state index is 13.2. The molecule has 0 aliphatic heterocycles. The SMILES string of the molecule is CCOc1cc(S(=O)(=O)N[C@@H]2CCCC[C@@H]2C)c(OCC)cc1-n1cnnn1. The molecule has 1 N–H and O–H groups in total. The van der Waals surface area contributed by atoms with E-state index < -0.39 is 10.0 Å². The lowest BCUT2D eigenvalue weighted by Crippen LogP contribution is -2.41. The standard InChI is InChI=1S/C18H27N5O4S/c1-4-26-16-11-18(28(24,25)20-14-9-7-6-8-13(14)3)17(27-5-2)10-15(16)23-12-19-21-22-23/h10-14,20H,4-9H2,1-3H3/t13-,14+/m0/s1. The number of rotatable bonds is 8. The van der Waals surface area contributed by atoms with Gasteiger partial charge in [-0.25, -0.2) is 13.1 Å². The fourth-order valence-corrected chi connectivity index (χ4v) is 5.01. The van der Waals surface area contributed by atoms with E-state index in [0.29, 0.717) is 30.6 Å². The lowest BCUT2D eigenvalue weighted by atomic mass is 9.87. The minimum absolute atomic E-state index is 0.0624. The maximum Gasteiger partial charge on any atom is 0.244 e. The first-order valence-electron chi connectivity index (χ1n) is 9.65. The summed E-state index contributed by atoms with van der Waals surface area (Å²) >= 11 is 0. The number of sulfonamides is 1. The third-order valence-electron chi connectivity index (χ3n) is 4.93. The number of ether oxygens (including phenoxy) is 2. The number of nitrogens with zero attached hydrogens (tertiary/aromatic N) is 4. The van der Waals surface area contributed by atoms with E-state index in [2.05, 4.69) is 27.2 Å². The van der Waals surface area contributed by atoms with Gasteiger partial charge >= 0.3 is 0 Å². The lowest BCUT2D eigenvalue weighted by Gasteiger charge is -2.29. The van der Waals surface area contributed by atoms with E-state index >= 15 is 0 Å².